The summed E-state index contributed by atoms with van der Waals surface area (Å²) in [5.41, 5.74) is 5.14. The number of hydrogen-bond acceptors (Lipinski definition) is 3. The van der Waals surface area contributed by atoms with Gasteiger partial charge in [-0.05, 0) is 19.1 Å². The molecule has 6 heteroatoms. The maximum absolute atomic E-state index is 12.0. The van der Waals surface area contributed by atoms with Crippen LogP contribution in [-0.2, 0) is 0 Å². The summed E-state index contributed by atoms with van der Waals surface area (Å²) in [6, 6.07) is 4.23. The smallest absolute Gasteiger partial charge is 0.405 e. The van der Waals surface area contributed by atoms with Crippen LogP contribution in [0, 0.1) is 0 Å². The van der Waals surface area contributed by atoms with Crippen molar-refractivity contribution >= 4 is 5.78 Å². The molecule has 0 aromatic heterocycles. The Bertz CT molecular complexity index is 388. The van der Waals surface area contributed by atoms with E-state index in [0.29, 0.717) is 0 Å². The molecule has 1 atom stereocenters. The topological polar surface area (TPSA) is 52.3 Å². The fourth-order valence-electron chi connectivity index (χ4n) is 1.13. The lowest BCUT2D eigenvalue weighted by Crippen LogP contribution is -2.28. The number of para-hydroxylation sites is 1. The van der Waals surface area contributed by atoms with Gasteiger partial charge in [0.25, 0.3) is 0 Å². The van der Waals surface area contributed by atoms with Crippen molar-refractivity contribution in [2.45, 2.75) is 19.3 Å². The van der Waals surface area contributed by atoms with Gasteiger partial charge in [-0.25, -0.2) is 0 Å². The summed E-state index contributed by atoms with van der Waals surface area (Å²) in [5, 5.41) is 0. The van der Waals surface area contributed by atoms with E-state index < -0.39 is 23.9 Å². The molecule has 0 fully saturated rings. The fourth-order valence-corrected chi connectivity index (χ4v) is 1.13. The molecular weight excluding hydrogens is 223 g/mol. The van der Waals surface area contributed by atoms with Crippen LogP contribution < -0.4 is 10.5 Å². The van der Waals surface area contributed by atoms with Crippen molar-refractivity contribution in [3.05, 3.63) is 29.8 Å². The number of alkyl halides is 3. The van der Waals surface area contributed by atoms with Crippen molar-refractivity contribution in [3.63, 3.8) is 0 Å². The first-order valence-corrected chi connectivity index (χ1v) is 4.46. The Balaban J connectivity index is 3.06. The molecule has 16 heavy (non-hydrogen) atoms. The largest absolute Gasteiger partial charge is 0.573 e. The van der Waals surface area contributed by atoms with Gasteiger partial charge >= 0.3 is 6.36 Å². The van der Waals surface area contributed by atoms with E-state index in [1.807, 2.05) is 0 Å². The Morgan fingerprint density at radius 3 is 2.44 bits per heavy atom. The first kappa shape index (κ1) is 12.5. The van der Waals surface area contributed by atoms with E-state index in [0.717, 1.165) is 6.07 Å². The van der Waals surface area contributed by atoms with Crippen LogP contribution >= 0.6 is 0 Å². The molecule has 0 heterocycles. The number of rotatable bonds is 3. The van der Waals surface area contributed by atoms with Crippen LogP contribution in [0.15, 0.2) is 24.3 Å². The standard InChI is InChI=1S/C10H10F3NO2/c1-6(14)9(15)7-4-2-3-5-8(7)16-10(11,12)13/h2-6H,14H2,1H3. The minimum absolute atomic E-state index is 0.171. The van der Waals surface area contributed by atoms with Crippen LogP contribution in [0.4, 0.5) is 13.2 Å². The third-order valence-corrected chi connectivity index (χ3v) is 1.79. The molecular formula is C10H10F3NO2. The van der Waals surface area contributed by atoms with Crippen molar-refractivity contribution in [2.24, 2.45) is 5.73 Å². The number of hydrogen-bond donors (Lipinski definition) is 1. The van der Waals surface area contributed by atoms with Crippen LogP contribution in [0.2, 0.25) is 0 Å². The zero-order valence-electron chi connectivity index (χ0n) is 8.41. The highest BCUT2D eigenvalue weighted by Gasteiger charge is 2.33. The lowest BCUT2D eigenvalue weighted by molar-refractivity contribution is -0.274. The number of ketones is 1. The molecule has 88 valence electrons. The number of Topliss-reactive ketones (excluding diaryl/α,β-unsaturated/α-hetero) is 1. The molecule has 0 amide bonds. The number of halogens is 3. The first-order valence-electron chi connectivity index (χ1n) is 4.46. The van der Waals surface area contributed by atoms with Gasteiger partial charge in [0, 0.05) is 0 Å². The molecule has 2 N–H and O–H groups in total. The van der Waals surface area contributed by atoms with Gasteiger partial charge in [0.1, 0.15) is 5.75 Å². The van der Waals surface area contributed by atoms with E-state index in [1.165, 1.54) is 25.1 Å². The molecule has 0 radical (unpaired) electrons. The third-order valence-electron chi connectivity index (χ3n) is 1.79. The van der Waals surface area contributed by atoms with Crippen LogP contribution in [0.3, 0.4) is 0 Å². The van der Waals surface area contributed by atoms with E-state index >= 15 is 0 Å². The molecule has 1 aromatic rings. The van der Waals surface area contributed by atoms with Gasteiger partial charge in [0.2, 0.25) is 0 Å². The first-order chi connectivity index (χ1) is 7.31. The molecule has 0 aliphatic rings. The second kappa shape index (κ2) is 4.52. The second-order valence-corrected chi connectivity index (χ2v) is 3.20. The summed E-state index contributed by atoms with van der Waals surface area (Å²) >= 11 is 0. The van der Waals surface area contributed by atoms with Crippen molar-refractivity contribution in [2.75, 3.05) is 0 Å². The maximum Gasteiger partial charge on any atom is 0.573 e. The molecule has 1 rings (SSSR count). The van der Waals surface area contributed by atoms with E-state index in [4.69, 9.17) is 5.73 Å². The molecule has 0 aliphatic carbocycles. The summed E-state index contributed by atoms with van der Waals surface area (Å²) in [7, 11) is 0. The molecule has 1 aromatic carbocycles. The Morgan fingerprint density at radius 2 is 1.94 bits per heavy atom. The molecule has 0 bridgehead atoms. The third kappa shape index (κ3) is 3.23. The minimum atomic E-state index is -4.83. The lowest BCUT2D eigenvalue weighted by atomic mass is 10.1. The zero-order chi connectivity index (χ0) is 12.3. The normalized spacial score (nSPS) is 13.3. The summed E-state index contributed by atoms with van der Waals surface area (Å²) in [5.74, 6) is -1.13. The van der Waals surface area contributed by atoms with Gasteiger partial charge in [0.05, 0.1) is 11.6 Å². The number of carbonyl (C=O) groups is 1. The zero-order valence-corrected chi connectivity index (χ0v) is 8.41. The molecule has 3 nitrogen and oxygen atoms in total. The molecule has 0 saturated carbocycles. The molecule has 0 saturated heterocycles. The number of ether oxygens (including phenoxy) is 1. The van der Waals surface area contributed by atoms with Gasteiger partial charge in [-0.1, -0.05) is 12.1 Å². The predicted octanol–water partition coefficient (Wildman–Crippen LogP) is 2.12. The predicted molar refractivity (Wildman–Crippen MR) is 51.1 cm³/mol. The highest BCUT2D eigenvalue weighted by molar-refractivity contribution is 6.02. The van der Waals surface area contributed by atoms with E-state index in [-0.39, 0.29) is 5.56 Å². The fraction of sp³-hybridized carbons (Fsp3) is 0.300. The van der Waals surface area contributed by atoms with Crippen LogP contribution in [-0.4, -0.2) is 18.2 Å². The average molecular weight is 233 g/mol. The van der Waals surface area contributed by atoms with E-state index in [1.54, 1.807) is 0 Å². The van der Waals surface area contributed by atoms with E-state index in [2.05, 4.69) is 4.74 Å². The highest BCUT2D eigenvalue weighted by atomic mass is 19.4. The molecule has 0 spiro atoms. The second-order valence-electron chi connectivity index (χ2n) is 3.20. The summed E-state index contributed by atoms with van der Waals surface area (Å²) in [6.45, 7) is 1.40. The maximum atomic E-state index is 12.0. The SMILES string of the molecule is CC(N)C(=O)c1ccccc1OC(F)(F)F. The van der Waals surface area contributed by atoms with Gasteiger partial charge in [-0.2, -0.15) is 0 Å². The van der Waals surface area contributed by atoms with Crippen molar-refractivity contribution in [3.8, 4) is 5.75 Å². The van der Waals surface area contributed by atoms with Crippen molar-refractivity contribution in [1.82, 2.24) is 0 Å². The Morgan fingerprint density at radius 1 is 1.38 bits per heavy atom. The number of nitrogens with two attached hydrogens (primary N) is 1. The van der Waals surface area contributed by atoms with Crippen molar-refractivity contribution < 1.29 is 22.7 Å². The van der Waals surface area contributed by atoms with Gasteiger partial charge in [-0.15, -0.1) is 13.2 Å². The van der Waals surface area contributed by atoms with Crippen LogP contribution in [0.5, 0.6) is 5.75 Å². The monoisotopic (exact) mass is 233 g/mol. The Hall–Kier alpha value is -1.56. The van der Waals surface area contributed by atoms with Crippen LogP contribution in [0.25, 0.3) is 0 Å². The molecule has 1 unspecified atom stereocenters. The number of carbonyl (C=O) groups excluding carboxylic acids is 1. The lowest BCUT2D eigenvalue weighted by Gasteiger charge is -2.13. The van der Waals surface area contributed by atoms with Crippen LogP contribution in [0.1, 0.15) is 17.3 Å². The average Bonchev–Trinajstić information content (AvgIpc) is 2.15. The number of benzene rings is 1. The molecule has 0 aliphatic heterocycles. The summed E-state index contributed by atoms with van der Waals surface area (Å²) in [4.78, 5) is 11.5. The Kier molecular flexibility index (Phi) is 3.54. The summed E-state index contributed by atoms with van der Waals surface area (Å²) in [6.07, 6.45) is -4.83. The van der Waals surface area contributed by atoms with E-state index in [9.17, 15) is 18.0 Å². The Labute approximate surface area is 90.0 Å². The minimum Gasteiger partial charge on any atom is -0.405 e. The highest BCUT2D eigenvalue weighted by Crippen LogP contribution is 2.26. The quantitative estimate of drug-likeness (QED) is 0.813. The van der Waals surface area contributed by atoms with Crippen molar-refractivity contribution in [1.29, 1.82) is 0 Å². The van der Waals surface area contributed by atoms with Gasteiger partial charge < -0.3 is 10.5 Å². The van der Waals surface area contributed by atoms with Gasteiger partial charge in [-0.3, -0.25) is 4.79 Å². The van der Waals surface area contributed by atoms with Gasteiger partial charge in [0.15, 0.2) is 5.78 Å². The summed E-state index contributed by atoms with van der Waals surface area (Å²) < 4.78 is 39.8.